The molecular weight excluding hydrogens is 431 g/mol. The number of carbonyl (C=O) groups is 1. The first-order valence-corrected chi connectivity index (χ1v) is 11.9. The lowest BCUT2D eigenvalue weighted by molar-refractivity contribution is -0.123. The average Bonchev–Trinajstić information content (AvgIpc) is 3.14. The van der Waals surface area contributed by atoms with Gasteiger partial charge in [0.05, 0.1) is 12.7 Å². The van der Waals surface area contributed by atoms with Gasteiger partial charge in [-0.2, -0.15) is 5.10 Å². The van der Waals surface area contributed by atoms with E-state index in [9.17, 15) is 14.0 Å². The summed E-state index contributed by atoms with van der Waals surface area (Å²) < 4.78 is 17.5. The van der Waals surface area contributed by atoms with Crippen molar-refractivity contribution in [1.82, 2.24) is 19.7 Å². The number of halogens is 1. The highest BCUT2D eigenvalue weighted by atomic mass is 19.1. The maximum Gasteiger partial charge on any atom is 0.291 e. The van der Waals surface area contributed by atoms with Crippen LogP contribution < -0.4 is 10.9 Å². The van der Waals surface area contributed by atoms with Crippen LogP contribution in [0.4, 0.5) is 4.39 Å². The lowest BCUT2D eigenvalue weighted by Crippen LogP contribution is -2.45. The van der Waals surface area contributed by atoms with Crippen molar-refractivity contribution in [2.45, 2.75) is 52.2 Å². The zero-order chi connectivity index (χ0) is 23.8. The molecule has 7 heteroatoms. The number of nitrogens with zero attached hydrogens (tertiary/aromatic N) is 3. The van der Waals surface area contributed by atoms with Gasteiger partial charge in [0.1, 0.15) is 17.9 Å². The number of nitrogens with one attached hydrogen (secondary N) is 1. The van der Waals surface area contributed by atoms with E-state index in [1.807, 2.05) is 28.8 Å². The molecule has 34 heavy (non-hydrogen) atoms. The van der Waals surface area contributed by atoms with Gasteiger partial charge in [-0.15, -0.1) is 0 Å². The molecule has 1 aliphatic rings. The summed E-state index contributed by atoms with van der Waals surface area (Å²) in [7, 11) is 0. The lowest BCUT2D eigenvalue weighted by atomic mass is 9.78. The Labute approximate surface area is 197 Å². The van der Waals surface area contributed by atoms with Gasteiger partial charge in [-0.25, -0.2) is 9.07 Å². The standard InChI is InChI=1S/C27H29FN4O2/c1-17-8-7-12-23(18(17)2)30-25(33)16-32-27(34)26-21(14-29-32)20-10-4-6-13-24(20)31(26)15-19-9-3-5-11-22(19)28/h3-6,9-11,13-14,17-18,23H,7-8,12,15-16H2,1-2H3,(H,30,33). The number of hydrogen-bond acceptors (Lipinski definition) is 3. The molecule has 3 unspecified atom stereocenters. The molecule has 1 fully saturated rings. The third-order valence-corrected chi connectivity index (χ3v) is 7.41. The molecule has 0 saturated heterocycles. The summed E-state index contributed by atoms with van der Waals surface area (Å²) in [6.45, 7) is 4.46. The first kappa shape index (κ1) is 22.3. The normalized spacial score (nSPS) is 20.6. The average molecular weight is 461 g/mol. The number of amides is 1. The van der Waals surface area contributed by atoms with Gasteiger partial charge in [0.2, 0.25) is 5.91 Å². The van der Waals surface area contributed by atoms with Gasteiger partial charge in [-0.1, -0.05) is 63.1 Å². The number of rotatable bonds is 5. The second kappa shape index (κ2) is 9.05. The van der Waals surface area contributed by atoms with Crippen LogP contribution in [-0.4, -0.2) is 26.3 Å². The van der Waals surface area contributed by atoms with Gasteiger partial charge in [-0.05, 0) is 30.4 Å². The van der Waals surface area contributed by atoms with Crippen LogP contribution in [0.5, 0.6) is 0 Å². The molecule has 2 aromatic heterocycles. The predicted octanol–water partition coefficient (Wildman–Crippen LogP) is 4.48. The van der Waals surface area contributed by atoms with Crippen LogP contribution in [0, 0.1) is 17.7 Å². The molecule has 6 nitrogen and oxygen atoms in total. The number of fused-ring (bicyclic) bond motifs is 3. The van der Waals surface area contributed by atoms with E-state index in [0.717, 1.165) is 23.7 Å². The Morgan fingerprint density at radius 2 is 1.85 bits per heavy atom. The van der Waals surface area contributed by atoms with Crippen LogP contribution in [0.15, 0.2) is 59.5 Å². The Kier molecular flexibility index (Phi) is 5.94. The first-order valence-electron chi connectivity index (χ1n) is 11.9. The van der Waals surface area contributed by atoms with Crippen molar-refractivity contribution in [1.29, 1.82) is 0 Å². The summed E-state index contributed by atoms with van der Waals surface area (Å²) in [5.74, 6) is 0.424. The maximum atomic E-state index is 14.5. The van der Waals surface area contributed by atoms with E-state index in [1.54, 1.807) is 24.4 Å². The van der Waals surface area contributed by atoms with Crippen molar-refractivity contribution in [2.75, 3.05) is 0 Å². The fraction of sp³-hybridized carbons (Fsp3) is 0.370. The third kappa shape index (κ3) is 4.00. The monoisotopic (exact) mass is 460 g/mol. The Balaban J connectivity index is 1.52. The Bertz CT molecular complexity index is 1420. The molecule has 3 atom stereocenters. The first-order chi connectivity index (χ1) is 16.4. The summed E-state index contributed by atoms with van der Waals surface area (Å²) in [5.41, 5.74) is 1.38. The SMILES string of the molecule is CC1CCCC(NC(=O)Cn2ncc3c4ccccc4n(Cc4ccccc4F)c3c2=O)C1C. The van der Waals surface area contributed by atoms with E-state index < -0.39 is 0 Å². The van der Waals surface area contributed by atoms with E-state index in [2.05, 4.69) is 24.3 Å². The minimum Gasteiger partial charge on any atom is -0.351 e. The molecule has 1 N–H and O–H groups in total. The summed E-state index contributed by atoms with van der Waals surface area (Å²) in [5, 5.41) is 9.01. The zero-order valence-electron chi connectivity index (χ0n) is 19.5. The second-order valence-corrected chi connectivity index (χ2v) is 9.51. The predicted molar refractivity (Wildman–Crippen MR) is 131 cm³/mol. The van der Waals surface area contributed by atoms with Crippen LogP contribution in [-0.2, 0) is 17.9 Å². The number of para-hydroxylation sites is 1. The Morgan fingerprint density at radius 3 is 2.68 bits per heavy atom. The van der Waals surface area contributed by atoms with Gasteiger partial charge >= 0.3 is 0 Å². The molecule has 0 radical (unpaired) electrons. The molecular formula is C27H29FN4O2. The van der Waals surface area contributed by atoms with E-state index in [-0.39, 0.29) is 36.4 Å². The van der Waals surface area contributed by atoms with Crippen molar-refractivity contribution in [3.63, 3.8) is 0 Å². The molecule has 1 saturated carbocycles. The highest BCUT2D eigenvalue weighted by Gasteiger charge is 2.28. The van der Waals surface area contributed by atoms with E-state index in [0.29, 0.717) is 28.3 Å². The molecule has 0 aliphatic heterocycles. The maximum absolute atomic E-state index is 14.5. The van der Waals surface area contributed by atoms with Gasteiger partial charge in [0.25, 0.3) is 5.56 Å². The number of aromatic nitrogens is 3. The summed E-state index contributed by atoms with van der Waals surface area (Å²) in [6, 6.07) is 14.3. The van der Waals surface area contributed by atoms with Gasteiger partial charge in [0.15, 0.2) is 0 Å². The summed E-state index contributed by atoms with van der Waals surface area (Å²) >= 11 is 0. The van der Waals surface area contributed by atoms with Gasteiger partial charge < -0.3 is 9.88 Å². The fourth-order valence-corrected chi connectivity index (χ4v) is 5.24. The number of hydrogen-bond donors (Lipinski definition) is 1. The number of carbonyl (C=O) groups excluding carboxylic acids is 1. The highest BCUT2D eigenvalue weighted by Crippen LogP contribution is 2.30. The van der Waals surface area contributed by atoms with Crippen LogP contribution in [0.25, 0.3) is 21.8 Å². The van der Waals surface area contributed by atoms with Crippen molar-refractivity contribution >= 4 is 27.7 Å². The van der Waals surface area contributed by atoms with E-state index >= 15 is 0 Å². The van der Waals surface area contributed by atoms with E-state index in [1.165, 1.54) is 17.2 Å². The van der Waals surface area contributed by atoms with Crippen molar-refractivity contribution < 1.29 is 9.18 Å². The minimum atomic E-state index is -0.356. The largest absolute Gasteiger partial charge is 0.351 e. The Hall–Kier alpha value is -3.48. The van der Waals surface area contributed by atoms with Gasteiger partial charge in [0, 0.05) is 27.9 Å². The minimum absolute atomic E-state index is 0.114. The quantitative estimate of drug-likeness (QED) is 0.478. The second-order valence-electron chi connectivity index (χ2n) is 9.51. The molecule has 1 amide bonds. The van der Waals surface area contributed by atoms with Crippen molar-refractivity contribution in [3.05, 3.63) is 76.5 Å². The van der Waals surface area contributed by atoms with Crippen LogP contribution >= 0.6 is 0 Å². The summed E-state index contributed by atoms with van der Waals surface area (Å²) in [4.78, 5) is 26.4. The Morgan fingerprint density at radius 1 is 1.09 bits per heavy atom. The third-order valence-electron chi connectivity index (χ3n) is 7.41. The van der Waals surface area contributed by atoms with Crippen molar-refractivity contribution in [3.8, 4) is 0 Å². The molecule has 2 heterocycles. The zero-order valence-corrected chi connectivity index (χ0v) is 19.5. The fourth-order valence-electron chi connectivity index (χ4n) is 5.24. The molecule has 0 spiro atoms. The lowest BCUT2D eigenvalue weighted by Gasteiger charge is -2.34. The molecule has 5 rings (SSSR count). The molecule has 1 aliphatic carbocycles. The van der Waals surface area contributed by atoms with Gasteiger partial charge in [-0.3, -0.25) is 9.59 Å². The van der Waals surface area contributed by atoms with E-state index in [4.69, 9.17) is 0 Å². The van der Waals surface area contributed by atoms with Crippen LogP contribution in [0.2, 0.25) is 0 Å². The molecule has 0 bridgehead atoms. The van der Waals surface area contributed by atoms with Crippen LogP contribution in [0.1, 0.15) is 38.7 Å². The molecule has 176 valence electrons. The highest BCUT2D eigenvalue weighted by molar-refractivity contribution is 6.07. The molecule has 4 aromatic rings. The van der Waals surface area contributed by atoms with Crippen LogP contribution in [0.3, 0.4) is 0 Å². The van der Waals surface area contributed by atoms with Crippen molar-refractivity contribution in [2.24, 2.45) is 11.8 Å². The topological polar surface area (TPSA) is 68.9 Å². The number of benzene rings is 2. The summed E-state index contributed by atoms with van der Waals surface area (Å²) in [6.07, 6.45) is 4.86. The molecule has 2 aromatic carbocycles. The smallest absolute Gasteiger partial charge is 0.291 e.